The van der Waals surface area contributed by atoms with E-state index in [1.807, 2.05) is 30.3 Å². The molecule has 2 amide bonds. The van der Waals surface area contributed by atoms with Crippen molar-refractivity contribution in [3.8, 4) is 0 Å². The fourth-order valence-corrected chi connectivity index (χ4v) is 1.89. The zero-order valence-electron chi connectivity index (χ0n) is 12.0. The predicted octanol–water partition coefficient (Wildman–Crippen LogP) is 2.23. The van der Waals surface area contributed by atoms with Crippen LogP contribution in [-0.4, -0.2) is 36.3 Å². The molecule has 0 bridgehead atoms. The monoisotopic (exact) mass is 274 g/mol. The van der Waals surface area contributed by atoms with Crippen molar-refractivity contribution in [2.24, 2.45) is 0 Å². The minimum Gasteiger partial charge on any atom is -0.356 e. The number of hydrogen-bond acceptors (Lipinski definition) is 2. The molecule has 20 heavy (non-hydrogen) atoms. The third kappa shape index (κ3) is 5.69. The van der Waals surface area contributed by atoms with E-state index in [-0.39, 0.29) is 11.8 Å². The largest absolute Gasteiger partial charge is 0.356 e. The number of nitrogens with zero attached hydrogens (tertiary/aromatic N) is 1. The molecule has 0 aliphatic heterocycles. The highest BCUT2D eigenvalue weighted by Gasteiger charge is 2.13. The van der Waals surface area contributed by atoms with Crippen LogP contribution in [-0.2, 0) is 4.79 Å². The van der Waals surface area contributed by atoms with Crippen LogP contribution in [0.2, 0.25) is 0 Å². The van der Waals surface area contributed by atoms with Gasteiger partial charge in [-0.3, -0.25) is 9.59 Å². The summed E-state index contributed by atoms with van der Waals surface area (Å²) in [6.07, 6.45) is 3.44. The second kappa shape index (κ2) is 8.91. The van der Waals surface area contributed by atoms with Crippen molar-refractivity contribution in [1.82, 2.24) is 10.2 Å². The number of carbonyl (C=O) groups excluding carboxylic acids is 2. The van der Waals surface area contributed by atoms with Crippen molar-refractivity contribution in [3.63, 3.8) is 0 Å². The molecular weight excluding hydrogens is 252 g/mol. The van der Waals surface area contributed by atoms with Crippen molar-refractivity contribution in [2.45, 2.75) is 19.8 Å². The van der Waals surface area contributed by atoms with Gasteiger partial charge in [-0.2, -0.15) is 0 Å². The molecule has 0 heterocycles. The van der Waals surface area contributed by atoms with Gasteiger partial charge < -0.3 is 10.2 Å². The summed E-state index contributed by atoms with van der Waals surface area (Å²) in [7, 11) is 0. The molecule has 0 saturated carbocycles. The topological polar surface area (TPSA) is 49.4 Å². The smallest absolute Gasteiger partial charge is 0.254 e. The number of unbranched alkanes of at least 4 members (excludes halogenated alkanes) is 1. The zero-order valence-corrected chi connectivity index (χ0v) is 12.0. The molecule has 0 aromatic heterocycles. The normalized spacial score (nSPS) is 9.85. The maximum Gasteiger partial charge on any atom is 0.254 e. The predicted molar refractivity (Wildman–Crippen MR) is 80.5 cm³/mol. The molecule has 0 fully saturated rings. The standard InChI is InChI=1S/C16H22N2O2/c1-3-12-18(13-8-7-11-17-14(2)19)16(20)15-9-5-4-6-10-15/h3-6,9-10H,1,7-8,11-13H2,2H3,(H,17,19). The average Bonchev–Trinajstić information content (AvgIpc) is 2.45. The van der Waals surface area contributed by atoms with Gasteiger partial charge in [-0.05, 0) is 25.0 Å². The highest BCUT2D eigenvalue weighted by molar-refractivity contribution is 5.94. The Morgan fingerprint density at radius 2 is 1.95 bits per heavy atom. The van der Waals surface area contributed by atoms with Crippen LogP contribution in [0.25, 0.3) is 0 Å². The Kier molecular flexibility index (Phi) is 7.11. The molecule has 108 valence electrons. The average molecular weight is 274 g/mol. The lowest BCUT2D eigenvalue weighted by Crippen LogP contribution is -2.32. The summed E-state index contributed by atoms with van der Waals surface area (Å²) in [5.41, 5.74) is 0.691. The molecule has 0 aliphatic rings. The summed E-state index contributed by atoms with van der Waals surface area (Å²) in [5, 5.41) is 2.75. The quantitative estimate of drug-likeness (QED) is 0.584. The van der Waals surface area contributed by atoms with E-state index in [4.69, 9.17) is 0 Å². The van der Waals surface area contributed by atoms with Crippen molar-refractivity contribution < 1.29 is 9.59 Å². The highest BCUT2D eigenvalue weighted by Crippen LogP contribution is 2.06. The van der Waals surface area contributed by atoms with E-state index in [9.17, 15) is 9.59 Å². The molecule has 1 aromatic rings. The van der Waals surface area contributed by atoms with Gasteiger partial charge in [0.05, 0.1) is 0 Å². The summed E-state index contributed by atoms with van der Waals surface area (Å²) < 4.78 is 0. The van der Waals surface area contributed by atoms with Crippen LogP contribution in [0.4, 0.5) is 0 Å². The Hall–Kier alpha value is -2.10. The van der Waals surface area contributed by atoms with E-state index in [1.54, 1.807) is 11.0 Å². The van der Waals surface area contributed by atoms with Gasteiger partial charge in [-0.1, -0.05) is 24.3 Å². The molecule has 0 radical (unpaired) electrons. The fourth-order valence-electron chi connectivity index (χ4n) is 1.89. The van der Waals surface area contributed by atoms with Gasteiger partial charge in [0, 0.05) is 32.1 Å². The summed E-state index contributed by atoms with van der Waals surface area (Å²) in [4.78, 5) is 24.8. The van der Waals surface area contributed by atoms with Gasteiger partial charge >= 0.3 is 0 Å². The summed E-state index contributed by atoms with van der Waals surface area (Å²) in [5.74, 6) is -0.00154. The lowest BCUT2D eigenvalue weighted by Gasteiger charge is -2.21. The third-order valence-corrected chi connectivity index (χ3v) is 2.89. The minimum atomic E-state index is -0.0201. The van der Waals surface area contributed by atoms with Gasteiger partial charge in [0.15, 0.2) is 0 Å². The van der Waals surface area contributed by atoms with Gasteiger partial charge in [0.1, 0.15) is 0 Å². The van der Waals surface area contributed by atoms with E-state index in [0.717, 1.165) is 12.8 Å². The zero-order chi connectivity index (χ0) is 14.8. The summed E-state index contributed by atoms with van der Waals surface area (Å²) in [6, 6.07) is 9.24. The van der Waals surface area contributed by atoms with E-state index in [2.05, 4.69) is 11.9 Å². The van der Waals surface area contributed by atoms with Crippen LogP contribution >= 0.6 is 0 Å². The maximum atomic E-state index is 12.3. The highest BCUT2D eigenvalue weighted by atomic mass is 16.2. The molecule has 0 spiro atoms. The lowest BCUT2D eigenvalue weighted by atomic mass is 10.2. The van der Waals surface area contributed by atoms with Crippen molar-refractivity contribution in [3.05, 3.63) is 48.6 Å². The Morgan fingerprint density at radius 3 is 2.55 bits per heavy atom. The van der Waals surface area contributed by atoms with Crippen LogP contribution in [0.3, 0.4) is 0 Å². The van der Waals surface area contributed by atoms with Crippen LogP contribution in [0, 0.1) is 0 Å². The van der Waals surface area contributed by atoms with Crippen LogP contribution in [0.5, 0.6) is 0 Å². The number of hydrogen-bond donors (Lipinski definition) is 1. The lowest BCUT2D eigenvalue weighted by molar-refractivity contribution is -0.118. The van der Waals surface area contributed by atoms with Gasteiger partial charge in [0.25, 0.3) is 5.91 Å². The van der Waals surface area contributed by atoms with Crippen molar-refractivity contribution in [2.75, 3.05) is 19.6 Å². The third-order valence-electron chi connectivity index (χ3n) is 2.89. The van der Waals surface area contributed by atoms with Gasteiger partial charge in [0.2, 0.25) is 5.91 Å². The molecule has 1 rings (SSSR count). The molecular formula is C16H22N2O2. The molecule has 0 atom stereocenters. The first-order chi connectivity index (χ1) is 9.65. The molecule has 4 heteroatoms. The SMILES string of the molecule is C=CCN(CCCCNC(C)=O)C(=O)c1ccccc1. The van der Waals surface area contributed by atoms with Crippen LogP contribution in [0.1, 0.15) is 30.1 Å². The molecule has 4 nitrogen and oxygen atoms in total. The number of benzene rings is 1. The second-order valence-corrected chi connectivity index (χ2v) is 4.60. The first-order valence-electron chi connectivity index (χ1n) is 6.85. The number of carbonyl (C=O) groups is 2. The molecule has 1 N–H and O–H groups in total. The Balaban J connectivity index is 2.46. The van der Waals surface area contributed by atoms with E-state index >= 15 is 0 Å². The Labute approximate surface area is 120 Å². The Morgan fingerprint density at radius 1 is 1.25 bits per heavy atom. The van der Waals surface area contributed by atoms with Gasteiger partial charge in [-0.25, -0.2) is 0 Å². The van der Waals surface area contributed by atoms with Crippen molar-refractivity contribution >= 4 is 11.8 Å². The van der Waals surface area contributed by atoms with Gasteiger partial charge in [-0.15, -0.1) is 6.58 Å². The number of amides is 2. The second-order valence-electron chi connectivity index (χ2n) is 4.60. The van der Waals surface area contributed by atoms with Crippen molar-refractivity contribution in [1.29, 1.82) is 0 Å². The van der Waals surface area contributed by atoms with E-state index < -0.39 is 0 Å². The first kappa shape index (κ1) is 16.0. The number of nitrogens with one attached hydrogen (secondary N) is 1. The molecule has 0 unspecified atom stereocenters. The number of rotatable bonds is 8. The first-order valence-corrected chi connectivity index (χ1v) is 6.85. The maximum absolute atomic E-state index is 12.3. The van der Waals surface area contributed by atoms with E-state index in [0.29, 0.717) is 25.2 Å². The Bertz CT molecular complexity index is 443. The fraction of sp³-hybridized carbons (Fsp3) is 0.375. The minimum absolute atomic E-state index is 0.0185. The summed E-state index contributed by atoms with van der Waals surface area (Å²) in [6.45, 7) is 7.05. The molecule has 1 aromatic carbocycles. The van der Waals surface area contributed by atoms with Crippen LogP contribution < -0.4 is 5.32 Å². The molecule has 0 aliphatic carbocycles. The summed E-state index contributed by atoms with van der Waals surface area (Å²) >= 11 is 0. The molecule has 0 saturated heterocycles. The van der Waals surface area contributed by atoms with E-state index in [1.165, 1.54) is 6.92 Å². The van der Waals surface area contributed by atoms with Crippen LogP contribution in [0.15, 0.2) is 43.0 Å².